The molecular formula is C15H18N2O3S. The molecule has 5 nitrogen and oxygen atoms in total. The highest BCUT2D eigenvalue weighted by molar-refractivity contribution is 7.16. The van der Waals surface area contributed by atoms with Gasteiger partial charge in [0.1, 0.15) is 6.54 Å². The number of carbonyl (C=O) groups excluding carboxylic acids is 2. The molecule has 1 aromatic heterocycles. The molecule has 6 heteroatoms. The van der Waals surface area contributed by atoms with Crippen molar-refractivity contribution >= 4 is 33.4 Å². The number of carbonyl (C=O) groups is 2. The highest BCUT2D eigenvalue weighted by Gasteiger charge is 2.11. The highest BCUT2D eigenvalue weighted by Crippen LogP contribution is 2.16. The van der Waals surface area contributed by atoms with Gasteiger partial charge >= 0.3 is 5.97 Å². The molecule has 1 heterocycles. The Morgan fingerprint density at radius 3 is 2.81 bits per heavy atom. The van der Waals surface area contributed by atoms with E-state index in [1.54, 1.807) is 4.57 Å². The molecular weight excluding hydrogens is 288 g/mol. The number of hydrogen-bond donors (Lipinski definition) is 0. The van der Waals surface area contributed by atoms with Gasteiger partial charge in [-0.05, 0) is 18.6 Å². The normalized spacial score (nSPS) is 11.8. The number of nitrogens with zero attached hydrogens (tertiary/aromatic N) is 2. The summed E-state index contributed by atoms with van der Waals surface area (Å²) in [4.78, 5) is 28.1. The standard InChI is InChI=1S/C15H18N2O3S/c1-3-4-9-13(18)16-15-17(10-14(19)20-2)11-7-5-6-8-12(11)21-15/h5-8H,3-4,9-10H2,1-2H3. The van der Waals surface area contributed by atoms with Crippen molar-refractivity contribution in [1.29, 1.82) is 0 Å². The van der Waals surface area contributed by atoms with Crippen molar-refractivity contribution in [3.05, 3.63) is 29.1 Å². The van der Waals surface area contributed by atoms with Crippen LogP contribution in [0.1, 0.15) is 26.2 Å². The third-order valence-electron chi connectivity index (χ3n) is 3.07. The number of esters is 1. The van der Waals surface area contributed by atoms with Crippen LogP contribution in [0.3, 0.4) is 0 Å². The van der Waals surface area contributed by atoms with Gasteiger partial charge in [0.2, 0.25) is 5.91 Å². The number of methoxy groups -OCH3 is 1. The van der Waals surface area contributed by atoms with Gasteiger partial charge in [0, 0.05) is 6.42 Å². The Kier molecular flexibility index (Phi) is 5.27. The van der Waals surface area contributed by atoms with E-state index in [0.29, 0.717) is 11.2 Å². The molecule has 2 rings (SSSR count). The van der Waals surface area contributed by atoms with Crippen LogP contribution in [0.25, 0.3) is 10.2 Å². The number of rotatable bonds is 5. The van der Waals surface area contributed by atoms with Gasteiger partial charge in [0.25, 0.3) is 0 Å². The summed E-state index contributed by atoms with van der Waals surface area (Å²) in [5, 5.41) is 0. The third-order valence-corrected chi connectivity index (χ3v) is 4.13. The first-order valence-electron chi connectivity index (χ1n) is 6.88. The van der Waals surface area contributed by atoms with E-state index >= 15 is 0 Å². The Balaban J connectivity index is 2.46. The van der Waals surface area contributed by atoms with Crippen molar-refractivity contribution in [2.75, 3.05) is 7.11 Å². The number of hydrogen-bond acceptors (Lipinski definition) is 4. The lowest BCUT2D eigenvalue weighted by molar-refractivity contribution is -0.141. The number of amides is 1. The van der Waals surface area contributed by atoms with Crippen LogP contribution in [-0.2, 0) is 20.9 Å². The minimum Gasteiger partial charge on any atom is -0.468 e. The van der Waals surface area contributed by atoms with E-state index in [1.165, 1.54) is 18.4 Å². The van der Waals surface area contributed by atoms with Crippen LogP contribution < -0.4 is 4.80 Å². The first kappa shape index (κ1) is 15.4. The molecule has 112 valence electrons. The molecule has 2 aromatic rings. The Labute approximate surface area is 126 Å². The third kappa shape index (κ3) is 3.78. The molecule has 0 saturated carbocycles. The topological polar surface area (TPSA) is 60.7 Å². The monoisotopic (exact) mass is 306 g/mol. The second kappa shape index (κ2) is 7.17. The summed E-state index contributed by atoms with van der Waals surface area (Å²) in [6, 6.07) is 7.67. The van der Waals surface area contributed by atoms with Gasteiger partial charge in [-0.1, -0.05) is 36.8 Å². The minimum atomic E-state index is -0.360. The molecule has 0 atom stereocenters. The van der Waals surface area contributed by atoms with Crippen LogP contribution in [0, 0.1) is 0 Å². The second-order valence-corrected chi connectivity index (χ2v) is 5.63. The number of fused-ring (bicyclic) bond motifs is 1. The average molecular weight is 306 g/mol. The van der Waals surface area contributed by atoms with Crippen molar-refractivity contribution in [3.63, 3.8) is 0 Å². The first-order chi connectivity index (χ1) is 10.2. The summed E-state index contributed by atoms with van der Waals surface area (Å²) in [6.07, 6.45) is 2.21. The van der Waals surface area contributed by atoms with E-state index in [4.69, 9.17) is 4.74 Å². The molecule has 0 unspecified atom stereocenters. The van der Waals surface area contributed by atoms with E-state index in [0.717, 1.165) is 23.1 Å². The molecule has 0 bridgehead atoms. The van der Waals surface area contributed by atoms with Gasteiger partial charge in [-0.15, -0.1) is 0 Å². The maximum absolute atomic E-state index is 11.9. The van der Waals surface area contributed by atoms with Crippen molar-refractivity contribution in [1.82, 2.24) is 4.57 Å². The van der Waals surface area contributed by atoms with Crippen LogP contribution in [0.4, 0.5) is 0 Å². The number of thiazole rings is 1. The maximum Gasteiger partial charge on any atom is 0.325 e. The Hall–Kier alpha value is -1.95. The van der Waals surface area contributed by atoms with Crippen LogP contribution in [0.15, 0.2) is 29.3 Å². The van der Waals surface area contributed by atoms with Crippen molar-refractivity contribution in [3.8, 4) is 0 Å². The van der Waals surface area contributed by atoms with Crippen LogP contribution in [0.5, 0.6) is 0 Å². The smallest absolute Gasteiger partial charge is 0.325 e. The summed E-state index contributed by atoms with van der Waals surface area (Å²) >= 11 is 1.41. The summed E-state index contributed by atoms with van der Waals surface area (Å²) in [6.45, 7) is 2.09. The van der Waals surface area contributed by atoms with Crippen LogP contribution >= 0.6 is 11.3 Å². The Bertz CT molecular complexity index is 715. The van der Waals surface area contributed by atoms with Gasteiger partial charge in [-0.2, -0.15) is 4.99 Å². The van der Waals surface area contributed by atoms with Crippen LogP contribution in [0.2, 0.25) is 0 Å². The zero-order chi connectivity index (χ0) is 15.2. The van der Waals surface area contributed by atoms with E-state index < -0.39 is 0 Å². The van der Waals surface area contributed by atoms with E-state index in [9.17, 15) is 9.59 Å². The molecule has 1 amide bonds. The number of para-hydroxylation sites is 1. The predicted octanol–water partition coefficient (Wildman–Crippen LogP) is 2.49. The molecule has 0 saturated heterocycles. The average Bonchev–Trinajstić information content (AvgIpc) is 2.82. The molecule has 21 heavy (non-hydrogen) atoms. The zero-order valence-corrected chi connectivity index (χ0v) is 13.0. The number of unbranched alkanes of at least 4 members (excludes halogenated alkanes) is 1. The molecule has 1 aromatic carbocycles. The largest absolute Gasteiger partial charge is 0.468 e. The number of ether oxygens (including phenoxy) is 1. The lowest BCUT2D eigenvalue weighted by atomic mass is 10.2. The molecule has 0 N–H and O–H groups in total. The fraction of sp³-hybridized carbons (Fsp3) is 0.400. The molecule has 0 radical (unpaired) electrons. The summed E-state index contributed by atoms with van der Waals surface area (Å²) in [5.41, 5.74) is 0.884. The molecule has 0 aliphatic carbocycles. The van der Waals surface area contributed by atoms with Gasteiger partial charge < -0.3 is 9.30 Å². The zero-order valence-electron chi connectivity index (χ0n) is 12.2. The first-order valence-corrected chi connectivity index (χ1v) is 7.70. The lowest BCUT2D eigenvalue weighted by Gasteiger charge is -2.03. The van der Waals surface area contributed by atoms with E-state index in [1.807, 2.05) is 31.2 Å². The van der Waals surface area contributed by atoms with Gasteiger partial charge in [0.15, 0.2) is 4.80 Å². The van der Waals surface area contributed by atoms with E-state index in [-0.39, 0.29) is 18.4 Å². The van der Waals surface area contributed by atoms with Crippen molar-refractivity contribution in [2.45, 2.75) is 32.7 Å². The predicted molar refractivity (Wildman–Crippen MR) is 81.9 cm³/mol. The van der Waals surface area contributed by atoms with Crippen LogP contribution in [-0.4, -0.2) is 23.6 Å². The van der Waals surface area contributed by atoms with Crippen molar-refractivity contribution in [2.24, 2.45) is 4.99 Å². The summed E-state index contributed by atoms with van der Waals surface area (Å²) < 4.78 is 7.44. The van der Waals surface area contributed by atoms with Gasteiger partial charge in [-0.25, -0.2) is 0 Å². The van der Waals surface area contributed by atoms with Gasteiger partial charge in [0.05, 0.1) is 17.3 Å². The minimum absolute atomic E-state index is 0.0560. The number of aromatic nitrogens is 1. The lowest BCUT2D eigenvalue weighted by Crippen LogP contribution is -2.22. The fourth-order valence-corrected chi connectivity index (χ4v) is 2.99. The maximum atomic E-state index is 11.9. The molecule has 0 aliphatic heterocycles. The molecule has 0 aliphatic rings. The molecule has 0 fully saturated rings. The van der Waals surface area contributed by atoms with E-state index in [2.05, 4.69) is 4.99 Å². The Morgan fingerprint density at radius 1 is 1.33 bits per heavy atom. The SMILES string of the molecule is CCCCC(=O)N=c1sc2ccccc2n1CC(=O)OC. The number of benzene rings is 1. The van der Waals surface area contributed by atoms with Gasteiger partial charge in [-0.3, -0.25) is 9.59 Å². The van der Waals surface area contributed by atoms with Crippen molar-refractivity contribution < 1.29 is 14.3 Å². The molecule has 0 spiro atoms. The fourth-order valence-electron chi connectivity index (χ4n) is 1.94. The quantitative estimate of drug-likeness (QED) is 0.797. The summed E-state index contributed by atoms with van der Waals surface area (Å²) in [5.74, 6) is -0.511. The Morgan fingerprint density at radius 2 is 2.10 bits per heavy atom. The second-order valence-electron chi connectivity index (χ2n) is 4.62. The summed E-state index contributed by atoms with van der Waals surface area (Å²) in [7, 11) is 1.35. The highest BCUT2D eigenvalue weighted by atomic mass is 32.1.